The summed E-state index contributed by atoms with van der Waals surface area (Å²) >= 11 is 3.14. The number of hydrogen-bond acceptors (Lipinski definition) is 3. The minimum atomic E-state index is -0.372. The van der Waals surface area contributed by atoms with Crippen LogP contribution < -0.4 is 5.48 Å². The number of amides is 1. The van der Waals surface area contributed by atoms with E-state index >= 15 is 0 Å². The lowest BCUT2D eigenvalue weighted by Crippen LogP contribution is -2.25. The SMILES string of the molecule is CC(C)CONC(=O)c1ccc(Br)c(O)c1. The Morgan fingerprint density at radius 2 is 2.25 bits per heavy atom. The van der Waals surface area contributed by atoms with E-state index in [1.165, 1.54) is 6.07 Å². The first-order valence-corrected chi connectivity index (χ1v) is 5.70. The van der Waals surface area contributed by atoms with Gasteiger partial charge >= 0.3 is 0 Å². The fraction of sp³-hybridized carbons (Fsp3) is 0.364. The van der Waals surface area contributed by atoms with Crippen molar-refractivity contribution in [1.82, 2.24) is 5.48 Å². The van der Waals surface area contributed by atoms with Gasteiger partial charge in [0.15, 0.2) is 0 Å². The van der Waals surface area contributed by atoms with Crippen molar-refractivity contribution in [2.24, 2.45) is 5.92 Å². The number of aromatic hydroxyl groups is 1. The zero-order valence-electron chi connectivity index (χ0n) is 9.16. The smallest absolute Gasteiger partial charge is 0.274 e. The van der Waals surface area contributed by atoms with Gasteiger partial charge in [-0.05, 0) is 40.0 Å². The lowest BCUT2D eigenvalue weighted by Gasteiger charge is -2.08. The molecule has 16 heavy (non-hydrogen) atoms. The molecule has 0 unspecified atom stereocenters. The Hall–Kier alpha value is -1.07. The maximum atomic E-state index is 11.5. The van der Waals surface area contributed by atoms with E-state index in [2.05, 4.69) is 21.4 Å². The second kappa shape index (κ2) is 5.86. The van der Waals surface area contributed by atoms with Gasteiger partial charge < -0.3 is 5.11 Å². The van der Waals surface area contributed by atoms with Crippen LogP contribution in [0.4, 0.5) is 0 Å². The molecule has 0 aliphatic heterocycles. The molecular formula is C11H14BrNO3. The summed E-state index contributed by atoms with van der Waals surface area (Å²) in [5.74, 6) is -0.00131. The van der Waals surface area contributed by atoms with Gasteiger partial charge in [-0.1, -0.05) is 13.8 Å². The van der Waals surface area contributed by atoms with Crippen LogP contribution in [-0.2, 0) is 4.84 Å². The van der Waals surface area contributed by atoms with Crippen molar-refractivity contribution >= 4 is 21.8 Å². The molecule has 1 aromatic rings. The average Bonchev–Trinajstić information content (AvgIpc) is 2.21. The summed E-state index contributed by atoms with van der Waals surface area (Å²) in [6, 6.07) is 4.57. The van der Waals surface area contributed by atoms with Crippen molar-refractivity contribution in [3.8, 4) is 5.75 Å². The van der Waals surface area contributed by atoms with Crippen molar-refractivity contribution in [2.45, 2.75) is 13.8 Å². The summed E-state index contributed by atoms with van der Waals surface area (Å²) in [7, 11) is 0. The molecule has 0 atom stereocenters. The number of carbonyl (C=O) groups is 1. The predicted octanol–water partition coefficient (Wildman–Crippen LogP) is 2.47. The summed E-state index contributed by atoms with van der Waals surface area (Å²) in [6.07, 6.45) is 0. The van der Waals surface area contributed by atoms with Crippen LogP contribution in [0.1, 0.15) is 24.2 Å². The Labute approximate surface area is 103 Å². The molecule has 1 amide bonds. The first-order chi connectivity index (χ1) is 7.50. The molecule has 1 rings (SSSR count). The minimum absolute atomic E-state index is 0.0245. The first-order valence-electron chi connectivity index (χ1n) is 4.91. The highest BCUT2D eigenvalue weighted by molar-refractivity contribution is 9.10. The second-order valence-electron chi connectivity index (χ2n) is 3.80. The summed E-state index contributed by atoms with van der Waals surface area (Å²) < 4.78 is 0.548. The van der Waals surface area contributed by atoms with E-state index in [0.29, 0.717) is 22.6 Å². The van der Waals surface area contributed by atoms with E-state index in [0.717, 1.165) is 0 Å². The Morgan fingerprint density at radius 3 is 2.81 bits per heavy atom. The molecule has 0 saturated heterocycles. The van der Waals surface area contributed by atoms with E-state index in [1.807, 2.05) is 13.8 Å². The Morgan fingerprint density at radius 1 is 1.56 bits per heavy atom. The summed E-state index contributed by atoms with van der Waals surface area (Å²) in [5, 5.41) is 9.39. The zero-order valence-corrected chi connectivity index (χ0v) is 10.7. The molecule has 0 bridgehead atoms. The molecule has 0 aliphatic rings. The quantitative estimate of drug-likeness (QED) is 0.837. The standard InChI is InChI=1S/C11H14BrNO3/c1-7(2)6-16-13-11(15)8-3-4-9(12)10(14)5-8/h3-5,7,14H,6H2,1-2H3,(H,13,15). The van der Waals surface area contributed by atoms with Crippen LogP contribution in [0.3, 0.4) is 0 Å². The molecule has 0 aliphatic carbocycles. The normalized spacial score (nSPS) is 10.5. The third kappa shape index (κ3) is 3.83. The van der Waals surface area contributed by atoms with Gasteiger partial charge in [-0.25, -0.2) is 5.48 Å². The molecule has 88 valence electrons. The highest BCUT2D eigenvalue weighted by atomic mass is 79.9. The summed E-state index contributed by atoms with van der Waals surface area (Å²) in [6.45, 7) is 4.42. The van der Waals surface area contributed by atoms with Crippen LogP contribution in [-0.4, -0.2) is 17.6 Å². The van der Waals surface area contributed by atoms with Crippen LogP contribution in [0.15, 0.2) is 22.7 Å². The monoisotopic (exact) mass is 287 g/mol. The molecule has 0 spiro atoms. The molecule has 4 nitrogen and oxygen atoms in total. The fourth-order valence-corrected chi connectivity index (χ4v) is 1.23. The fourth-order valence-electron chi connectivity index (χ4n) is 0.987. The van der Waals surface area contributed by atoms with Gasteiger partial charge in [0.05, 0.1) is 11.1 Å². The van der Waals surface area contributed by atoms with Crippen molar-refractivity contribution in [2.75, 3.05) is 6.61 Å². The molecule has 0 radical (unpaired) electrons. The van der Waals surface area contributed by atoms with Gasteiger partial charge in [-0.2, -0.15) is 0 Å². The van der Waals surface area contributed by atoms with E-state index in [1.54, 1.807) is 12.1 Å². The van der Waals surface area contributed by atoms with Gasteiger partial charge in [0, 0.05) is 5.56 Å². The van der Waals surface area contributed by atoms with Crippen LogP contribution in [0.2, 0.25) is 0 Å². The third-order valence-corrected chi connectivity index (χ3v) is 2.46. The van der Waals surface area contributed by atoms with E-state index in [4.69, 9.17) is 4.84 Å². The maximum absolute atomic E-state index is 11.5. The summed E-state index contributed by atoms with van der Waals surface area (Å²) in [4.78, 5) is 16.5. The number of hydroxylamine groups is 1. The Bertz CT molecular complexity index is 379. The summed E-state index contributed by atoms with van der Waals surface area (Å²) in [5.41, 5.74) is 2.66. The largest absolute Gasteiger partial charge is 0.507 e. The van der Waals surface area contributed by atoms with Gasteiger partial charge in [0.2, 0.25) is 0 Å². The number of benzene rings is 1. The number of halogens is 1. The number of phenolic OH excluding ortho intramolecular Hbond substituents is 1. The maximum Gasteiger partial charge on any atom is 0.274 e. The Balaban J connectivity index is 2.56. The van der Waals surface area contributed by atoms with Crippen molar-refractivity contribution < 1.29 is 14.7 Å². The lowest BCUT2D eigenvalue weighted by atomic mass is 10.2. The average molecular weight is 288 g/mol. The molecule has 5 heteroatoms. The van der Waals surface area contributed by atoms with E-state index in [-0.39, 0.29) is 11.7 Å². The van der Waals surface area contributed by atoms with Gasteiger partial charge in [-0.3, -0.25) is 9.63 Å². The third-order valence-electron chi connectivity index (χ3n) is 1.79. The van der Waals surface area contributed by atoms with Crippen LogP contribution >= 0.6 is 15.9 Å². The van der Waals surface area contributed by atoms with E-state index in [9.17, 15) is 9.90 Å². The van der Waals surface area contributed by atoms with Crippen molar-refractivity contribution in [1.29, 1.82) is 0 Å². The second-order valence-corrected chi connectivity index (χ2v) is 4.66. The highest BCUT2D eigenvalue weighted by Crippen LogP contribution is 2.24. The molecular weight excluding hydrogens is 274 g/mol. The lowest BCUT2D eigenvalue weighted by molar-refractivity contribution is 0.0208. The van der Waals surface area contributed by atoms with Crippen LogP contribution in [0, 0.1) is 5.92 Å². The van der Waals surface area contributed by atoms with Crippen molar-refractivity contribution in [3.63, 3.8) is 0 Å². The molecule has 0 aromatic heterocycles. The molecule has 0 saturated carbocycles. The molecule has 1 aromatic carbocycles. The first kappa shape index (κ1) is 13.0. The van der Waals surface area contributed by atoms with Gasteiger partial charge in [-0.15, -0.1) is 0 Å². The number of rotatable bonds is 4. The van der Waals surface area contributed by atoms with Crippen molar-refractivity contribution in [3.05, 3.63) is 28.2 Å². The van der Waals surface area contributed by atoms with Crippen LogP contribution in [0.5, 0.6) is 5.75 Å². The molecule has 0 heterocycles. The number of hydrogen-bond donors (Lipinski definition) is 2. The predicted molar refractivity (Wildman–Crippen MR) is 64.1 cm³/mol. The molecule has 2 N–H and O–H groups in total. The van der Waals surface area contributed by atoms with E-state index < -0.39 is 0 Å². The number of carbonyl (C=O) groups excluding carboxylic acids is 1. The topological polar surface area (TPSA) is 58.6 Å². The van der Waals surface area contributed by atoms with Crippen LogP contribution in [0.25, 0.3) is 0 Å². The zero-order chi connectivity index (χ0) is 12.1. The van der Waals surface area contributed by atoms with Gasteiger partial charge in [0.1, 0.15) is 5.75 Å². The number of phenols is 1. The minimum Gasteiger partial charge on any atom is -0.507 e. The van der Waals surface area contributed by atoms with Gasteiger partial charge in [0.25, 0.3) is 5.91 Å². The highest BCUT2D eigenvalue weighted by Gasteiger charge is 2.08. The molecule has 0 fully saturated rings. The number of nitrogens with one attached hydrogen (secondary N) is 1. The Kier molecular flexibility index (Phi) is 4.76.